The molecular weight excluding hydrogens is 249 g/mol. The van der Waals surface area contributed by atoms with Gasteiger partial charge in [0.2, 0.25) is 5.95 Å². The number of hydrogen-bond donors (Lipinski definition) is 0. The lowest BCUT2D eigenvalue weighted by atomic mass is 10.1. The zero-order chi connectivity index (χ0) is 13.7. The molecule has 0 unspecified atom stereocenters. The van der Waals surface area contributed by atoms with E-state index in [1.54, 1.807) is 6.92 Å². The number of carbonyl (C=O) groups excluding carboxylic acids is 1. The van der Waals surface area contributed by atoms with Crippen molar-refractivity contribution in [3.05, 3.63) is 28.8 Å². The Bertz CT molecular complexity index is 498. The molecule has 18 heavy (non-hydrogen) atoms. The van der Waals surface area contributed by atoms with Crippen molar-refractivity contribution in [1.82, 2.24) is 4.98 Å². The van der Waals surface area contributed by atoms with E-state index in [-0.39, 0.29) is 17.9 Å². The minimum absolute atomic E-state index is 0.0848. The van der Waals surface area contributed by atoms with Crippen LogP contribution in [0.1, 0.15) is 30.2 Å². The first kappa shape index (κ1) is 14.0. The Kier molecular flexibility index (Phi) is 4.66. The molecule has 0 N–H and O–H groups in total. The number of nitrogens with zero attached hydrogens (tertiary/aromatic N) is 2. The number of nitriles is 1. The Labute approximate surface area is 101 Å². The Morgan fingerprint density at radius 3 is 2.78 bits per heavy atom. The first-order valence-corrected chi connectivity index (χ1v) is 5.02. The van der Waals surface area contributed by atoms with Crippen molar-refractivity contribution in [2.75, 3.05) is 6.61 Å². The second kappa shape index (κ2) is 6.00. The molecule has 1 heterocycles. The van der Waals surface area contributed by atoms with E-state index in [1.165, 1.54) is 6.07 Å². The molecule has 96 valence electrons. The van der Waals surface area contributed by atoms with Crippen LogP contribution in [0, 0.1) is 17.3 Å². The van der Waals surface area contributed by atoms with Gasteiger partial charge < -0.3 is 4.74 Å². The van der Waals surface area contributed by atoms with Crippen molar-refractivity contribution < 1.29 is 22.7 Å². The molecular formula is C11H9F3N2O2. The van der Waals surface area contributed by atoms with Gasteiger partial charge in [0.05, 0.1) is 18.6 Å². The monoisotopic (exact) mass is 258 g/mol. The van der Waals surface area contributed by atoms with Gasteiger partial charge in [0, 0.05) is 0 Å². The SMILES string of the molecule is CCOC(=O)Cc1cc(C#N)nc(F)c1C(F)F. The first-order valence-electron chi connectivity index (χ1n) is 5.02. The maximum Gasteiger partial charge on any atom is 0.310 e. The van der Waals surface area contributed by atoms with E-state index in [4.69, 9.17) is 5.26 Å². The average molecular weight is 258 g/mol. The van der Waals surface area contributed by atoms with Crippen LogP contribution in [0.5, 0.6) is 0 Å². The molecule has 0 saturated heterocycles. The summed E-state index contributed by atoms with van der Waals surface area (Å²) in [5.41, 5.74) is -1.62. The number of pyridine rings is 1. The van der Waals surface area contributed by atoms with Gasteiger partial charge in [-0.15, -0.1) is 0 Å². The molecule has 1 rings (SSSR count). The molecule has 0 radical (unpaired) electrons. The Morgan fingerprint density at radius 2 is 2.28 bits per heavy atom. The summed E-state index contributed by atoms with van der Waals surface area (Å²) in [6.45, 7) is 1.64. The Hall–Kier alpha value is -2.10. The number of alkyl halides is 2. The molecule has 0 amide bonds. The van der Waals surface area contributed by atoms with E-state index in [0.717, 1.165) is 6.07 Å². The number of aromatic nitrogens is 1. The minimum atomic E-state index is -3.12. The molecule has 0 bridgehead atoms. The molecule has 0 aliphatic rings. The molecule has 1 aromatic heterocycles. The van der Waals surface area contributed by atoms with Crippen LogP contribution < -0.4 is 0 Å². The van der Waals surface area contributed by atoms with Crippen LogP contribution in [-0.4, -0.2) is 17.6 Å². The number of esters is 1. The van der Waals surface area contributed by atoms with E-state index < -0.39 is 30.3 Å². The molecule has 1 aromatic rings. The highest BCUT2D eigenvalue weighted by atomic mass is 19.3. The van der Waals surface area contributed by atoms with Gasteiger partial charge in [0.1, 0.15) is 11.8 Å². The number of carbonyl (C=O) groups is 1. The van der Waals surface area contributed by atoms with Gasteiger partial charge in [0.25, 0.3) is 6.43 Å². The molecule has 0 aromatic carbocycles. The third-order valence-corrected chi connectivity index (χ3v) is 2.07. The smallest absolute Gasteiger partial charge is 0.310 e. The summed E-state index contributed by atoms with van der Waals surface area (Å²) in [6.07, 6.45) is -3.64. The fourth-order valence-electron chi connectivity index (χ4n) is 1.37. The lowest BCUT2D eigenvalue weighted by Gasteiger charge is -2.09. The molecule has 0 spiro atoms. The van der Waals surface area contributed by atoms with Crippen LogP contribution in [-0.2, 0) is 16.0 Å². The van der Waals surface area contributed by atoms with Crippen LogP contribution in [0.25, 0.3) is 0 Å². The number of halogens is 3. The summed E-state index contributed by atoms with van der Waals surface area (Å²) in [5.74, 6) is -2.21. The van der Waals surface area contributed by atoms with Crippen molar-refractivity contribution >= 4 is 5.97 Å². The largest absolute Gasteiger partial charge is 0.466 e. The second-order valence-corrected chi connectivity index (χ2v) is 3.27. The van der Waals surface area contributed by atoms with Crippen LogP contribution in [0.3, 0.4) is 0 Å². The van der Waals surface area contributed by atoms with Gasteiger partial charge in [0.15, 0.2) is 0 Å². The van der Waals surface area contributed by atoms with E-state index in [9.17, 15) is 18.0 Å². The van der Waals surface area contributed by atoms with Crippen molar-refractivity contribution in [3.8, 4) is 6.07 Å². The van der Waals surface area contributed by atoms with E-state index in [2.05, 4.69) is 9.72 Å². The summed E-state index contributed by atoms with van der Waals surface area (Å²) in [5, 5.41) is 8.57. The zero-order valence-electron chi connectivity index (χ0n) is 9.41. The van der Waals surface area contributed by atoms with Crippen LogP contribution in [0.2, 0.25) is 0 Å². The van der Waals surface area contributed by atoms with Crippen molar-refractivity contribution in [1.29, 1.82) is 5.26 Å². The average Bonchev–Trinajstić information content (AvgIpc) is 2.27. The highest BCUT2D eigenvalue weighted by molar-refractivity contribution is 5.73. The predicted octanol–water partition coefficient (Wildman–Crippen LogP) is 2.14. The molecule has 0 saturated carbocycles. The molecule has 0 aliphatic heterocycles. The van der Waals surface area contributed by atoms with Crippen molar-refractivity contribution in [3.63, 3.8) is 0 Å². The molecule has 0 fully saturated rings. The number of ether oxygens (including phenoxy) is 1. The highest BCUT2D eigenvalue weighted by Crippen LogP contribution is 2.26. The first-order chi connectivity index (χ1) is 8.49. The normalized spacial score (nSPS) is 10.2. The standard InChI is InChI=1S/C11H9F3N2O2/c1-2-18-8(17)4-6-3-7(5-15)16-11(14)9(6)10(12)13/h3,10H,2,4H2,1H3. The maximum atomic E-state index is 13.3. The highest BCUT2D eigenvalue weighted by Gasteiger charge is 2.22. The van der Waals surface area contributed by atoms with Gasteiger partial charge in [-0.25, -0.2) is 13.8 Å². The van der Waals surface area contributed by atoms with Gasteiger partial charge in [-0.3, -0.25) is 4.79 Å². The molecule has 4 nitrogen and oxygen atoms in total. The minimum Gasteiger partial charge on any atom is -0.466 e. The van der Waals surface area contributed by atoms with Crippen LogP contribution in [0.15, 0.2) is 6.07 Å². The van der Waals surface area contributed by atoms with Crippen molar-refractivity contribution in [2.24, 2.45) is 0 Å². The van der Waals surface area contributed by atoms with Crippen molar-refractivity contribution in [2.45, 2.75) is 19.8 Å². The van der Waals surface area contributed by atoms with Gasteiger partial charge >= 0.3 is 5.97 Å². The second-order valence-electron chi connectivity index (χ2n) is 3.27. The number of rotatable bonds is 4. The summed E-state index contributed by atoms with van der Waals surface area (Å²) in [7, 11) is 0. The third kappa shape index (κ3) is 3.20. The number of hydrogen-bond acceptors (Lipinski definition) is 4. The molecule has 0 atom stereocenters. The van der Waals surface area contributed by atoms with Crippen LogP contribution in [0.4, 0.5) is 13.2 Å². The zero-order valence-corrected chi connectivity index (χ0v) is 9.41. The Balaban J connectivity index is 3.18. The quantitative estimate of drug-likeness (QED) is 0.613. The predicted molar refractivity (Wildman–Crippen MR) is 54.2 cm³/mol. The van der Waals surface area contributed by atoms with Crippen LogP contribution >= 0.6 is 0 Å². The fourth-order valence-corrected chi connectivity index (χ4v) is 1.37. The lowest BCUT2D eigenvalue weighted by Crippen LogP contribution is -2.12. The molecule has 7 heteroatoms. The van der Waals surface area contributed by atoms with Gasteiger partial charge in [-0.05, 0) is 18.6 Å². The van der Waals surface area contributed by atoms with E-state index in [0.29, 0.717) is 0 Å². The summed E-state index contributed by atoms with van der Waals surface area (Å²) < 4.78 is 43.2. The maximum absolute atomic E-state index is 13.3. The van der Waals surface area contributed by atoms with E-state index in [1.807, 2.05) is 0 Å². The lowest BCUT2D eigenvalue weighted by molar-refractivity contribution is -0.142. The fraction of sp³-hybridized carbons (Fsp3) is 0.364. The van der Waals surface area contributed by atoms with E-state index >= 15 is 0 Å². The summed E-state index contributed by atoms with van der Waals surface area (Å²) >= 11 is 0. The third-order valence-electron chi connectivity index (χ3n) is 2.07. The van der Waals surface area contributed by atoms with Gasteiger partial charge in [-0.2, -0.15) is 9.65 Å². The summed E-state index contributed by atoms with van der Waals surface area (Å²) in [4.78, 5) is 14.3. The molecule has 0 aliphatic carbocycles. The topological polar surface area (TPSA) is 63.0 Å². The summed E-state index contributed by atoms with van der Waals surface area (Å²) in [6, 6.07) is 2.49. The van der Waals surface area contributed by atoms with Gasteiger partial charge in [-0.1, -0.05) is 0 Å². The Morgan fingerprint density at radius 1 is 1.61 bits per heavy atom.